The molecule has 0 amide bonds. The van der Waals surface area contributed by atoms with E-state index in [2.05, 4.69) is 44.9 Å². The average Bonchev–Trinajstić information content (AvgIpc) is 2.93. The SMILES string of the molecule is CN1N(C)C12CC[C@@]1(C)[C@@H](CC[C@@H]3[C@@H]1CC[C@@]1(C)[C@H]3CC[C@@]1(C)O)C2. The van der Waals surface area contributed by atoms with Crippen LogP contribution in [-0.2, 0) is 0 Å². The third kappa shape index (κ3) is 1.88. The van der Waals surface area contributed by atoms with Crippen LogP contribution in [0.4, 0.5) is 0 Å². The fourth-order valence-corrected chi connectivity index (χ4v) is 8.60. The lowest BCUT2D eigenvalue weighted by molar-refractivity contribution is -0.149. The van der Waals surface area contributed by atoms with E-state index < -0.39 is 5.60 Å². The highest BCUT2D eigenvalue weighted by atomic mass is 16.3. The molecule has 1 heterocycles. The quantitative estimate of drug-likeness (QED) is 0.664. The summed E-state index contributed by atoms with van der Waals surface area (Å²) in [7, 11) is 4.56. The Morgan fingerprint density at radius 1 is 0.800 bits per heavy atom. The molecule has 0 radical (unpaired) electrons. The molecule has 1 spiro atoms. The summed E-state index contributed by atoms with van der Waals surface area (Å²) in [5, 5.41) is 16.0. The molecule has 3 heteroatoms. The molecule has 9 atom stereocenters. The second-order valence-electron chi connectivity index (χ2n) is 11.2. The molecular formula is C22H38N2O. The summed E-state index contributed by atoms with van der Waals surface area (Å²) >= 11 is 0. The van der Waals surface area contributed by atoms with Gasteiger partial charge in [0, 0.05) is 14.1 Å². The van der Waals surface area contributed by atoms with Gasteiger partial charge in [0.05, 0.1) is 5.60 Å². The largest absolute Gasteiger partial charge is 0.390 e. The predicted octanol–water partition coefficient (Wildman–Crippen LogP) is 4.27. The summed E-state index contributed by atoms with van der Waals surface area (Å²) in [4.78, 5) is 0. The molecule has 5 aliphatic rings. The van der Waals surface area contributed by atoms with Crippen LogP contribution in [0.15, 0.2) is 0 Å². The molecule has 3 nitrogen and oxygen atoms in total. The zero-order chi connectivity index (χ0) is 17.8. The van der Waals surface area contributed by atoms with Crippen LogP contribution in [0.25, 0.3) is 0 Å². The zero-order valence-corrected chi connectivity index (χ0v) is 17.0. The Morgan fingerprint density at radius 2 is 1.48 bits per heavy atom. The van der Waals surface area contributed by atoms with Crippen LogP contribution in [0.5, 0.6) is 0 Å². The molecule has 142 valence electrons. The Balaban J connectivity index is 1.42. The van der Waals surface area contributed by atoms with Gasteiger partial charge in [-0.05, 0) is 99.2 Å². The molecule has 2 unspecified atom stereocenters. The molecule has 0 aromatic carbocycles. The Bertz CT molecular complexity index is 581. The second-order valence-corrected chi connectivity index (χ2v) is 11.2. The first kappa shape index (κ1) is 17.0. The van der Waals surface area contributed by atoms with Crippen molar-refractivity contribution < 1.29 is 5.11 Å². The van der Waals surface area contributed by atoms with Gasteiger partial charge in [-0.25, -0.2) is 10.0 Å². The number of nitrogens with zero attached hydrogens (tertiary/aromatic N) is 2. The summed E-state index contributed by atoms with van der Waals surface area (Å²) in [5.74, 6) is 3.45. The highest BCUT2D eigenvalue weighted by Crippen LogP contribution is 2.69. The average molecular weight is 347 g/mol. The van der Waals surface area contributed by atoms with E-state index in [-0.39, 0.29) is 5.41 Å². The molecule has 1 N–H and O–H groups in total. The van der Waals surface area contributed by atoms with E-state index in [1.165, 1.54) is 51.4 Å². The van der Waals surface area contributed by atoms with Crippen molar-refractivity contribution in [3.05, 3.63) is 0 Å². The summed E-state index contributed by atoms with van der Waals surface area (Å²) in [5.41, 5.74) is 0.687. The maximum atomic E-state index is 11.1. The van der Waals surface area contributed by atoms with E-state index in [0.717, 1.165) is 30.1 Å². The predicted molar refractivity (Wildman–Crippen MR) is 101 cm³/mol. The van der Waals surface area contributed by atoms with Crippen LogP contribution in [0.1, 0.15) is 78.6 Å². The Labute approximate surface area is 154 Å². The molecule has 1 saturated heterocycles. The Hall–Kier alpha value is -0.120. The lowest BCUT2D eigenvalue weighted by atomic mass is 9.44. The molecule has 1 aliphatic heterocycles. The standard InChI is InChI=1S/C22H38N2O/c1-19-12-13-22(23(4)24(22)5)14-15(19)6-7-16-17(19)8-10-20(2)18(16)9-11-21(20,3)25/h15-18,25H,6-14H2,1-5H3/t15-,16+,17-,18-,19-,20-,21+,22?,23?,24?/m0/s1. The van der Waals surface area contributed by atoms with Crippen molar-refractivity contribution >= 4 is 0 Å². The van der Waals surface area contributed by atoms with Gasteiger partial charge in [-0.3, -0.25) is 0 Å². The Morgan fingerprint density at radius 3 is 2.16 bits per heavy atom. The number of hydrogen-bond acceptors (Lipinski definition) is 3. The lowest BCUT2D eigenvalue weighted by Gasteiger charge is -2.61. The third-order valence-electron chi connectivity index (χ3n) is 10.9. The van der Waals surface area contributed by atoms with Gasteiger partial charge >= 0.3 is 0 Å². The van der Waals surface area contributed by atoms with E-state index in [1.807, 2.05) is 0 Å². The fraction of sp³-hybridized carbons (Fsp3) is 1.00. The van der Waals surface area contributed by atoms with Crippen LogP contribution in [0.2, 0.25) is 0 Å². The molecule has 0 aromatic heterocycles. The van der Waals surface area contributed by atoms with Gasteiger partial charge in [0.2, 0.25) is 0 Å². The van der Waals surface area contributed by atoms with Gasteiger partial charge in [0.15, 0.2) is 0 Å². The van der Waals surface area contributed by atoms with Gasteiger partial charge < -0.3 is 5.11 Å². The molecule has 5 rings (SSSR count). The van der Waals surface area contributed by atoms with Crippen LogP contribution in [0.3, 0.4) is 0 Å². The van der Waals surface area contributed by atoms with Crippen molar-refractivity contribution in [1.82, 2.24) is 10.0 Å². The molecule has 4 aliphatic carbocycles. The highest BCUT2D eigenvalue weighted by molar-refractivity contribution is 5.15. The molecule has 0 bridgehead atoms. The summed E-state index contributed by atoms with van der Waals surface area (Å²) < 4.78 is 0. The third-order valence-corrected chi connectivity index (χ3v) is 10.9. The number of hydrogen-bond donors (Lipinski definition) is 1. The summed E-state index contributed by atoms with van der Waals surface area (Å²) in [6.07, 6.45) is 11.9. The van der Waals surface area contributed by atoms with Gasteiger partial charge in [-0.2, -0.15) is 0 Å². The molecule has 0 aromatic rings. The number of hydrazine groups is 1. The number of aliphatic hydroxyl groups is 1. The second kappa shape index (κ2) is 4.83. The van der Waals surface area contributed by atoms with Crippen molar-refractivity contribution in [1.29, 1.82) is 0 Å². The van der Waals surface area contributed by atoms with E-state index >= 15 is 0 Å². The first-order valence-electron chi connectivity index (χ1n) is 10.9. The maximum absolute atomic E-state index is 11.1. The molecule has 25 heavy (non-hydrogen) atoms. The van der Waals surface area contributed by atoms with Crippen LogP contribution in [-0.4, -0.2) is 40.5 Å². The normalized spacial score (nSPS) is 66.0. The summed E-state index contributed by atoms with van der Waals surface area (Å²) in [6.45, 7) is 7.20. The maximum Gasteiger partial charge on any atom is 0.100 e. The van der Waals surface area contributed by atoms with Crippen molar-refractivity contribution in [2.45, 2.75) is 89.8 Å². The van der Waals surface area contributed by atoms with Crippen molar-refractivity contribution in [3.8, 4) is 0 Å². The van der Waals surface area contributed by atoms with Crippen LogP contribution >= 0.6 is 0 Å². The van der Waals surface area contributed by atoms with Gasteiger partial charge in [0.25, 0.3) is 0 Å². The highest BCUT2D eigenvalue weighted by Gasteiger charge is 2.67. The van der Waals surface area contributed by atoms with Crippen LogP contribution in [0, 0.1) is 34.5 Å². The minimum Gasteiger partial charge on any atom is -0.390 e. The van der Waals surface area contributed by atoms with E-state index in [0.29, 0.717) is 11.1 Å². The fourth-order valence-electron chi connectivity index (χ4n) is 8.60. The monoisotopic (exact) mass is 346 g/mol. The first-order chi connectivity index (χ1) is 11.7. The smallest absolute Gasteiger partial charge is 0.100 e. The van der Waals surface area contributed by atoms with E-state index in [9.17, 15) is 5.11 Å². The summed E-state index contributed by atoms with van der Waals surface area (Å²) in [6, 6.07) is 0. The van der Waals surface area contributed by atoms with Crippen molar-refractivity contribution in [3.63, 3.8) is 0 Å². The van der Waals surface area contributed by atoms with E-state index in [4.69, 9.17) is 0 Å². The van der Waals surface area contributed by atoms with Crippen LogP contribution < -0.4 is 0 Å². The zero-order valence-electron chi connectivity index (χ0n) is 17.0. The van der Waals surface area contributed by atoms with Gasteiger partial charge in [-0.1, -0.05) is 13.8 Å². The Kier molecular flexibility index (Phi) is 3.29. The topological polar surface area (TPSA) is 26.2 Å². The molecular weight excluding hydrogens is 308 g/mol. The molecule has 5 fully saturated rings. The minimum atomic E-state index is -0.434. The van der Waals surface area contributed by atoms with Crippen molar-refractivity contribution in [2.75, 3.05) is 14.1 Å². The van der Waals surface area contributed by atoms with Crippen molar-refractivity contribution in [2.24, 2.45) is 34.5 Å². The minimum absolute atomic E-state index is 0.171. The lowest BCUT2D eigenvalue weighted by Crippen LogP contribution is -2.56. The first-order valence-corrected chi connectivity index (χ1v) is 10.9. The number of rotatable bonds is 0. The van der Waals surface area contributed by atoms with Gasteiger partial charge in [-0.15, -0.1) is 0 Å². The molecule has 4 saturated carbocycles. The van der Waals surface area contributed by atoms with E-state index in [1.54, 1.807) is 0 Å². The number of fused-ring (bicyclic) bond motifs is 5. The van der Waals surface area contributed by atoms with Gasteiger partial charge in [0.1, 0.15) is 5.66 Å².